The average Bonchev–Trinajstić information content (AvgIpc) is 2.62. The maximum absolute atomic E-state index is 12.8. The van der Waals surface area contributed by atoms with Gasteiger partial charge in [0.2, 0.25) is 0 Å². The van der Waals surface area contributed by atoms with E-state index < -0.39 is 5.91 Å². The Kier molecular flexibility index (Phi) is 6.55. The lowest BCUT2D eigenvalue weighted by atomic mass is 10.2. The molecule has 0 fully saturated rings. The van der Waals surface area contributed by atoms with Crippen LogP contribution in [0.1, 0.15) is 12.5 Å². The number of carbonyl (C=O) groups is 1. The van der Waals surface area contributed by atoms with Crippen molar-refractivity contribution in [3.63, 3.8) is 0 Å². The third-order valence-corrected chi connectivity index (χ3v) is 3.25. The molecule has 0 aliphatic carbocycles. The van der Waals surface area contributed by atoms with Crippen molar-refractivity contribution in [3.05, 3.63) is 71.7 Å². The Balaban J connectivity index is 1.93. The summed E-state index contributed by atoms with van der Waals surface area (Å²) in [4.78, 5) is 12.1. The van der Waals surface area contributed by atoms with Crippen LogP contribution >= 0.6 is 0 Å². The Labute approximate surface area is 145 Å². The molecule has 2 rings (SSSR count). The molecule has 0 radical (unpaired) electrons. The first-order valence-corrected chi connectivity index (χ1v) is 7.74. The van der Waals surface area contributed by atoms with Gasteiger partial charge in [0.05, 0.1) is 6.61 Å². The van der Waals surface area contributed by atoms with E-state index in [0.29, 0.717) is 24.6 Å². The summed E-state index contributed by atoms with van der Waals surface area (Å²) in [7, 11) is 0. The summed E-state index contributed by atoms with van der Waals surface area (Å²) in [6, 6.07) is 14.7. The Morgan fingerprint density at radius 2 is 1.88 bits per heavy atom. The first-order valence-electron chi connectivity index (χ1n) is 7.74. The molecule has 0 aliphatic heterocycles. The molecule has 0 atom stereocenters. The van der Waals surface area contributed by atoms with E-state index in [4.69, 9.17) is 10.00 Å². The molecule has 2 aromatic rings. The number of rotatable bonds is 7. The summed E-state index contributed by atoms with van der Waals surface area (Å²) in [5.41, 5.74) is 1.34. The molecule has 0 saturated heterocycles. The average molecular weight is 339 g/mol. The highest BCUT2D eigenvalue weighted by atomic mass is 19.1. The number of anilines is 1. The van der Waals surface area contributed by atoms with E-state index >= 15 is 0 Å². The van der Waals surface area contributed by atoms with Crippen molar-refractivity contribution in [1.29, 1.82) is 5.26 Å². The highest BCUT2D eigenvalue weighted by molar-refractivity contribution is 6.06. The first-order chi connectivity index (χ1) is 12.1. The van der Waals surface area contributed by atoms with Gasteiger partial charge in [-0.2, -0.15) is 5.26 Å². The molecular formula is C19H18FN3O2. The lowest BCUT2D eigenvalue weighted by molar-refractivity contribution is -0.112. The van der Waals surface area contributed by atoms with Crippen LogP contribution < -0.4 is 15.4 Å². The molecule has 0 spiro atoms. The van der Waals surface area contributed by atoms with E-state index in [1.807, 2.05) is 13.0 Å². The van der Waals surface area contributed by atoms with Crippen LogP contribution in [0.3, 0.4) is 0 Å². The van der Waals surface area contributed by atoms with Gasteiger partial charge in [0, 0.05) is 18.4 Å². The summed E-state index contributed by atoms with van der Waals surface area (Å²) in [6.07, 6.45) is 1.34. The van der Waals surface area contributed by atoms with Crippen LogP contribution in [-0.4, -0.2) is 12.5 Å². The standard InChI is InChI=1S/C19H18FN3O2/c1-2-25-18-9-7-17(8-10-18)23-19(24)15(11-21)13-22-12-14-3-5-16(20)6-4-14/h3-10,13,22H,2,12H2,1H3,(H,23,24)/b15-13-. The summed E-state index contributed by atoms with van der Waals surface area (Å²) in [5.74, 6) is -0.123. The number of nitrogens with zero attached hydrogens (tertiary/aromatic N) is 1. The summed E-state index contributed by atoms with van der Waals surface area (Å²) < 4.78 is 18.2. The summed E-state index contributed by atoms with van der Waals surface area (Å²) in [6.45, 7) is 2.83. The molecule has 2 N–H and O–H groups in total. The maximum atomic E-state index is 12.8. The zero-order valence-electron chi connectivity index (χ0n) is 13.8. The predicted molar refractivity (Wildman–Crippen MR) is 93.2 cm³/mol. The second-order valence-electron chi connectivity index (χ2n) is 5.09. The van der Waals surface area contributed by atoms with E-state index in [1.165, 1.54) is 18.3 Å². The lowest BCUT2D eigenvalue weighted by Crippen LogP contribution is -2.16. The van der Waals surface area contributed by atoms with Crippen molar-refractivity contribution in [3.8, 4) is 11.8 Å². The largest absolute Gasteiger partial charge is 0.494 e. The minimum Gasteiger partial charge on any atom is -0.494 e. The third-order valence-electron chi connectivity index (χ3n) is 3.25. The molecule has 1 amide bonds. The molecule has 2 aromatic carbocycles. The van der Waals surface area contributed by atoms with E-state index in [0.717, 1.165) is 5.56 Å². The van der Waals surface area contributed by atoms with Gasteiger partial charge in [-0.05, 0) is 48.9 Å². The zero-order valence-corrected chi connectivity index (χ0v) is 13.8. The number of halogens is 1. The topological polar surface area (TPSA) is 74.1 Å². The molecule has 0 bridgehead atoms. The zero-order chi connectivity index (χ0) is 18.1. The first kappa shape index (κ1) is 18.0. The number of amides is 1. The van der Waals surface area contributed by atoms with Crippen molar-refractivity contribution < 1.29 is 13.9 Å². The van der Waals surface area contributed by atoms with Gasteiger partial charge in [0.1, 0.15) is 23.2 Å². The number of hydrogen-bond donors (Lipinski definition) is 2. The van der Waals surface area contributed by atoms with Crippen LogP contribution in [0.2, 0.25) is 0 Å². The van der Waals surface area contributed by atoms with Gasteiger partial charge in [-0.15, -0.1) is 0 Å². The molecule has 128 valence electrons. The van der Waals surface area contributed by atoms with E-state index in [2.05, 4.69) is 10.6 Å². The molecule has 25 heavy (non-hydrogen) atoms. The Morgan fingerprint density at radius 1 is 1.20 bits per heavy atom. The van der Waals surface area contributed by atoms with E-state index in [9.17, 15) is 9.18 Å². The quantitative estimate of drug-likeness (QED) is 0.599. The van der Waals surface area contributed by atoms with Gasteiger partial charge in [-0.3, -0.25) is 4.79 Å². The van der Waals surface area contributed by atoms with Crippen LogP contribution in [0.25, 0.3) is 0 Å². The monoisotopic (exact) mass is 339 g/mol. The fourth-order valence-corrected chi connectivity index (χ4v) is 2.02. The fourth-order valence-electron chi connectivity index (χ4n) is 2.02. The van der Waals surface area contributed by atoms with Crippen LogP contribution in [0, 0.1) is 17.1 Å². The van der Waals surface area contributed by atoms with Crippen molar-refractivity contribution in [2.75, 3.05) is 11.9 Å². The molecule has 0 unspecified atom stereocenters. The molecule has 0 aliphatic rings. The molecular weight excluding hydrogens is 321 g/mol. The molecule has 0 saturated carbocycles. The van der Waals surface area contributed by atoms with Gasteiger partial charge in [-0.1, -0.05) is 12.1 Å². The lowest BCUT2D eigenvalue weighted by Gasteiger charge is -2.07. The van der Waals surface area contributed by atoms with Crippen molar-refractivity contribution >= 4 is 11.6 Å². The van der Waals surface area contributed by atoms with Crippen LogP contribution in [0.4, 0.5) is 10.1 Å². The number of nitrogens with one attached hydrogen (secondary N) is 2. The Hall–Kier alpha value is -3.33. The number of carbonyl (C=O) groups excluding carboxylic acids is 1. The van der Waals surface area contributed by atoms with Gasteiger partial charge in [0.25, 0.3) is 5.91 Å². The maximum Gasteiger partial charge on any atom is 0.267 e. The SMILES string of the molecule is CCOc1ccc(NC(=O)/C(C#N)=C\NCc2ccc(F)cc2)cc1. The molecule has 6 heteroatoms. The number of hydrogen-bond acceptors (Lipinski definition) is 4. The van der Waals surface area contributed by atoms with Gasteiger partial charge < -0.3 is 15.4 Å². The van der Waals surface area contributed by atoms with Crippen molar-refractivity contribution in [2.24, 2.45) is 0 Å². The van der Waals surface area contributed by atoms with Gasteiger partial charge in [-0.25, -0.2) is 4.39 Å². The van der Waals surface area contributed by atoms with Crippen LogP contribution in [0.5, 0.6) is 5.75 Å². The third kappa shape index (κ3) is 5.66. The summed E-state index contributed by atoms with van der Waals surface area (Å²) in [5, 5.41) is 14.7. The Morgan fingerprint density at radius 3 is 2.48 bits per heavy atom. The van der Waals surface area contributed by atoms with Crippen LogP contribution in [-0.2, 0) is 11.3 Å². The van der Waals surface area contributed by atoms with E-state index in [1.54, 1.807) is 36.4 Å². The van der Waals surface area contributed by atoms with Crippen molar-refractivity contribution in [2.45, 2.75) is 13.5 Å². The molecule has 5 nitrogen and oxygen atoms in total. The Bertz CT molecular complexity index is 778. The number of benzene rings is 2. The minimum absolute atomic E-state index is 0.0593. The van der Waals surface area contributed by atoms with Crippen LogP contribution in [0.15, 0.2) is 60.3 Å². The van der Waals surface area contributed by atoms with Gasteiger partial charge in [0.15, 0.2) is 0 Å². The second kappa shape index (κ2) is 9.08. The molecule has 0 aromatic heterocycles. The van der Waals surface area contributed by atoms with Gasteiger partial charge >= 0.3 is 0 Å². The highest BCUT2D eigenvalue weighted by Crippen LogP contribution is 2.16. The number of nitriles is 1. The summed E-state index contributed by atoms with van der Waals surface area (Å²) >= 11 is 0. The van der Waals surface area contributed by atoms with Crippen molar-refractivity contribution in [1.82, 2.24) is 5.32 Å². The minimum atomic E-state index is -0.515. The molecule has 0 heterocycles. The second-order valence-corrected chi connectivity index (χ2v) is 5.09. The number of ether oxygens (including phenoxy) is 1. The smallest absolute Gasteiger partial charge is 0.267 e. The predicted octanol–water partition coefficient (Wildman–Crippen LogP) is 3.36. The fraction of sp³-hybridized carbons (Fsp3) is 0.158. The normalized spacial score (nSPS) is 10.7. The highest BCUT2D eigenvalue weighted by Gasteiger charge is 2.09. The van der Waals surface area contributed by atoms with E-state index in [-0.39, 0.29) is 11.4 Å².